The molecule has 0 aliphatic heterocycles. The van der Waals surface area contributed by atoms with Crippen molar-refractivity contribution in [2.45, 2.75) is 6.18 Å². The summed E-state index contributed by atoms with van der Waals surface area (Å²) in [5.41, 5.74) is 0.584. The van der Waals surface area contributed by atoms with E-state index < -0.39 is 11.7 Å². The molecule has 3 rings (SSSR count). The van der Waals surface area contributed by atoms with Crippen LogP contribution in [0.25, 0.3) is 22.2 Å². The quantitative estimate of drug-likeness (QED) is 0.727. The van der Waals surface area contributed by atoms with E-state index in [1.165, 1.54) is 24.4 Å². The molecule has 2 aromatic heterocycles. The summed E-state index contributed by atoms with van der Waals surface area (Å²) in [6.07, 6.45) is -2.96. The molecule has 0 bridgehead atoms. The highest BCUT2D eigenvalue weighted by Gasteiger charge is 2.33. The number of alkyl halides is 3. The van der Waals surface area contributed by atoms with Crippen molar-refractivity contribution in [1.82, 2.24) is 15.2 Å². The Balaban J connectivity index is 2.27. The number of benzene rings is 1. The van der Waals surface area contributed by atoms with E-state index in [1.807, 2.05) is 0 Å². The maximum Gasteiger partial charge on any atom is 0.417 e. The molecule has 1 N–H and O–H groups in total. The van der Waals surface area contributed by atoms with E-state index in [0.29, 0.717) is 16.6 Å². The summed E-state index contributed by atoms with van der Waals surface area (Å²) >= 11 is 5.70. The van der Waals surface area contributed by atoms with Crippen molar-refractivity contribution in [3.63, 3.8) is 0 Å². The third kappa shape index (κ3) is 2.12. The fourth-order valence-corrected chi connectivity index (χ4v) is 2.21. The highest BCUT2D eigenvalue weighted by Crippen LogP contribution is 2.38. The Hall–Kier alpha value is -2.08. The van der Waals surface area contributed by atoms with Crippen molar-refractivity contribution in [2.24, 2.45) is 0 Å². The van der Waals surface area contributed by atoms with Gasteiger partial charge < -0.3 is 4.98 Å². The zero-order valence-corrected chi connectivity index (χ0v) is 10.6. The third-order valence-corrected chi connectivity index (χ3v) is 3.10. The smallest absolute Gasteiger partial charge is 0.359 e. The standard InChI is InChI=1S/C13H7ClF3N3/c14-11-5-10-12(20-19-11)8(6-18-10)7-3-1-2-4-9(7)13(15,16)17/h1-6,18H. The minimum absolute atomic E-state index is 0.0582. The van der Waals surface area contributed by atoms with Crippen LogP contribution in [0.2, 0.25) is 5.15 Å². The Bertz CT molecular complexity index is 780. The fourth-order valence-electron chi connectivity index (χ4n) is 2.07. The van der Waals surface area contributed by atoms with Gasteiger partial charge in [0.1, 0.15) is 5.52 Å². The lowest BCUT2D eigenvalue weighted by Gasteiger charge is -2.11. The molecule has 0 atom stereocenters. The summed E-state index contributed by atoms with van der Waals surface area (Å²) in [5, 5.41) is 7.71. The second-order valence-corrected chi connectivity index (χ2v) is 4.56. The Labute approximate surface area is 116 Å². The largest absolute Gasteiger partial charge is 0.417 e. The highest BCUT2D eigenvalue weighted by molar-refractivity contribution is 6.29. The van der Waals surface area contributed by atoms with Crippen LogP contribution in [-0.2, 0) is 6.18 Å². The van der Waals surface area contributed by atoms with E-state index in [9.17, 15) is 13.2 Å². The van der Waals surface area contributed by atoms with Crippen LogP contribution in [0.5, 0.6) is 0 Å². The second kappa shape index (κ2) is 4.49. The Morgan fingerprint density at radius 2 is 1.80 bits per heavy atom. The number of halogens is 4. The number of aromatic amines is 1. The number of hydrogen-bond donors (Lipinski definition) is 1. The average molecular weight is 298 g/mol. The van der Waals surface area contributed by atoms with Crippen molar-refractivity contribution in [3.8, 4) is 11.1 Å². The van der Waals surface area contributed by atoms with Crippen molar-refractivity contribution >= 4 is 22.6 Å². The van der Waals surface area contributed by atoms with Gasteiger partial charge in [0.25, 0.3) is 0 Å². The fraction of sp³-hybridized carbons (Fsp3) is 0.0769. The molecule has 0 aliphatic rings. The molecule has 3 aromatic rings. The molecule has 0 radical (unpaired) electrons. The van der Waals surface area contributed by atoms with Gasteiger partial charge in [-0.05, 0) is 11.6 Å². The van der Waals surface area contributed by atoms with Crippen LogP contribution in [0, 0.1) is 0 Å². The highest BCUT2D eigenvalue weighted by atomic mass is 35.5. The molecule has 0 spiro atoms. The number of rotatable bonds is 1. The number of nitrogens with zero attached hydrogens (tertiary/aromatic N) is 2. The summed E-state index contributed by atoms with van der Waals surface area (Å²) in [6.45, 7) is 0. The lowest BCUT2D eigenvalue weighted by molar-refractivity contribution is -0.137. The maximum absolute atomic E-state index is 13.0. The predicted molar refractivity (Wildman–Crippen MR) is 69.3 cm³/mol. The van der Waals surface area contributed by atoms with Gasteiger partial charge in [-0.1, -0.05) is 29.8 Å². The summed E-state index contributed by atoms with van der Waals surface area (Å²) < 4.78 is 39.1. The second-order valence-electron chi connectivity index (χ2n) is 4.18. The normalized spacial score (nSPS) is 12.0. The van der Waals surface area contributed by atoms with Gasteiger partial charge in [0.15, 0.2) is 5.15 Å². The van der Waals surface area contributed by atoms with Gasteiger partial charge >= 0.3 is 6.18 Å². The molecule has 20 heavy (non-hydrogen) atoms. The summed E-state index contributed by atoms with van der Waals surface area (Å²) in [6, 6.07) is 6.86. The SMILES string of the molecule is FC(F)(F)c1ccccc1-c1c[nH]c2cc(Cl)nnc12. The van der Waals surface area contributed by atoms with Crippen molar-refractivity contribution in [2.75, 3.05) is 0 Å². The van der Waals surface area contributed by atoms with Gasteiger partial charge in [-0.2, -0.15) is 13.2 Å². The van der Waals surface area contributed by atoms with Crippen LogP contribution in [-0.4, -0.2) is 15.2 Å². The Kier molecular flexibility index (Phi) is 2.90. The van der Waals surface area contributed by atoms with Gasteiger partial charge in [0, 0.05) is 17.8 Å². The summed E-state index contributed by atoms with van der Waals surface area (Å²) in [5.74, 6) is 0. The van der Waals surface area contributed by atoms with E-state index in [-0.39, 0.29) is 10.7 Å². The van der Waals surface area contributed by atoms with E-state index in [0.717, 1.165) is 6.07 Å². The molecule has 102 valence electrons. The van der Waals surface area contributed by atoms with Crippen LogP contribution in [0.15, 0.2) is 36.5 Å². The molecule has 0 saturated heterocycles. The molecule has 7 heteroatoms. The average Bonchev–Trinajstić information content (AvgIpc) is 2.80. The minimum atomic E-state index is -4.43. The number of H-pyrrole nitrogens is 1. The minimum Gasteiger partial charge on any atom is -0.359 e. The monoisotopic (exact) mass is 297 g/mol. The lowest BCUT2D eigenvalue weighted by Crippen LogP contribution is -2.06. The van der Waals surface area contributed by atoms with Crippen molar-refractivity contribution in [3.05, 3.63) is 47.2 Å². The first-order valence-corrected chi connectivity index (χ1v) is 6.01. The molecular weight excluding hydrogens is 291 g/mol. The number of hydrogen-bond acceptors (Lipinski definition) is 2. The molecule has 0 amide bonds. The molecular formula is C13H7ClF3N3. The maximum atomic E-state index is 13.0. The van der Waals surface area contributed by atoms with Gasteiger partial charge in [-0.15, -0.1) is 10.2 Å². The van der Waals surface area contributed by atoms with Gasteiger partial charge in [0.2, 0.25) is 0 Å². The van der Waals surface area contributed by atoms with Crippen molar-refractivity contribution < 1.29 is 13.2 Å². The number of aromatic nitrogens is 3. The van der Waals surface area contributed by atoms with E-state index >= 15 is 0 Å². The molecule has 0 unspecified atom stereocenters. The Morgan fingerprint density at radius 3 is 2.55 bits per heavy atom. The molecule has 1 aromatic carbocycles. The number of fused-ring (bicyclic) bond motifs is 1. The molecule has 0 saturated carbocycles. The van der Waals surface area contributed by atoms with Crippen LogP contribution in [0.1, 0.15) is 5.56 Å². The molecule has 0 aliphatic carbocycles. The van der Waals surface area contributed by atoms with Crippen LogP contribution >= 0.6 is 11.6 Å². The first-order valence-electron chi connectivity index (χ1n) is 5.64. The van der Waals surface area contributed by atoms with Crippen molar-refractivity contribution in [1.29, 1.82) is 0 Å². The van der Waals surface area contributed by atoms with Crippen LogP contribution in [0.4, 0.5) is 13.2 Å². The zero-order chi connectivity index (χ0) is 14.3. The summed E-state index contributed by atoms with van der Waals surface area (Å²) in [4.78, 5) is 2.85. The predicted octanol–water partition coefficient (Wildman–Crippen LogP) is 4.30. The number of nitrogens with one attached hydrogen (secondary N) is 1. The first-order chi connectivity index (χ1) is 9.47. The van der Waals surface area contributed by atoms with Crippen LogP contribution in [0.3, 0.4) is 0 Å². The van der Waals surface area contributed by atoms with E-state index in [2.05, 4.69) is 15.2 Å². The van der Waals surface area contributed by atoms with Gasteiger partial charge in [0.05, 0.1) is 11.1 Å². The molecule has 3 nitrogen and oxygen atoms in total. The molecule has 2 heterocycles. The summed E-state index contributed by atoms with van der Waals surface area (Å²) in [7, 11) is 0. The van der Waals surface area contributed by atoms with E-state index in [4.69, 9.17) is 11.6 Å². The van der Waals surface area contributed by atoms with E-state index in [1.54, 1.807) is 6.07 Å². The van der Waals surface area contributed by atoms with Gasteiger partial charge in [-0.25, -0.2) is 0 Å². The third-order valence-electron chi connectivity index (χ3n) is 2.91. The zero-order valence-electron chi connectivity index (χ0n) is 9.87. The first kappa shape index (κ1) is 12.9. The Morgan fingerprint density at radius 1 is 1.05 bits per heavy atom. The lowest BCUT2D eigenvalue weighted by atomic mass is 10.0. The van der Waals surface area contributed by atoms with Crippen LogP contribution < -0.4 is 0 Å². The topological polar surface area (TPSA) is 41.6 Å². The molecule has 0 fully saturated rings. The van der Waals surface area contributed by atoms with Gasteiger partial charge in [-0.3, -0.25) is 0 Å².